The van der Waals surface area contributed by atoms with Crippen LogP contribution in [0.25, 0.3) is 0 Å². The fourth-order valence-corrected chi connectivity index (χ4v) is 2.20. The third-order valence-electron chi connectivity index (χ3n) is 2.53. The molecule has 1 heterocycles. The molecule has 88 valence electrons. The lowest BCUT2D eigenvalue weighted by molar-refractivity contribution is 0.806. The molecule has 1 aromatic carbocycles. The zero-order valence-corrected chi connectivity index (χ0v) is 10.9. The molecule has 0 radical (unpaired) electrons. The Morgan fingerprint density at radius 3 is 2.35 bits per heavy atom. The van der Waals surface area contributed by atoms with Gasteiger partial charge in [0.15, 0.2) is 0 Å². The Bertz CT molecular complexity index is 475. The normalized spacial score (nSPS) is 12.4. The number of hydrogen-bond acceptors (Lipinski definition) is 3. The van der Waals surface area contributed by atoms with Crippen molar-refractivity contribution in [3.05, 3.63) is 53.7 Å². The van der Waals surface area contributed by atoms with Gasteiger partial charge in [0.25, 0.3) is 0 Å². The van der Waals surface area contributed by atoms with Gasteiger partial charge >= 0.3 is 0 Å². The van der Waals surface area contributed by atoms with E-state index in [1.807, 2.05) is 25.3 Å². The number of nitrogens with zero attached hydrogens (tertiary/aromatic N) is 1. The van der Waals surface area contributed by atoms with E-state index in [9.17, 15) is 0 Å². The van der Waals surface area contributed by atoms with Crippen LogP contribution in [0.1, 0.15) is 24.1 Å². The molecule has 1 atom stereocenters. The van der Waals surface area contributed by atoms with Gasteiger partial charge in [-0.1, -0.05) is 35.5 Å². The molecule has 0 aliphatic carbocycles. The first-order chi connectivity index (χ1) is 8.15. The summed E-state index contributed by atoms with van der Waals surface area (Å²) in [4.78, 5) is 5.61. The lowest BCUT2D eigenvalue weighted by Crippen LogP contribution is -2.04. The first-order valence-electron chi connectivity index (χ1n) is 5.61. The lowest BCUT2D eigenvalue weighted by Gasteiger charge is -2.06. The summed E-state index contributed by atoms with van der Waals surface area (Å²) < 4.78 is 0. The standard InChI is InChI=1S/C14H16N2S/c1-10-3-6-13(7-4-10)17-14-8-5-12(9-16-14)11(2)15/h3-9,11H,15H2,1-2H3. The van der Waals surface area contributed by atoms with Gasteiger partial charge in [0.2, 0.25) is 0 Å². The summed E-state index contributed by atoms with van der Waals surface area (Å²) in [5, 5.41) is 0.998. The topological polar surface area (TPSA) is 38.9 Å². The molecule has 2 rings (SSSR count). The number of rotatable bonds is 3. The van der Waals surface area contributed by atoms with Crippen molar-refractivity contribution in [3.63, 3.8) is 0 Å². The van der Waals surface area contributed by atoms with Gasteiger partial charge in [0.05, 0.1) is 0 Å². The third-order valence-corrected chi connectivity index (χ3v) is 3.49. The van der Waals surface area contributed by atoms with E-state index in [1.165, 1.54) is 10.5 Å². The average Bonchev–Trinajstić information content (AvgIpc) is 2.33. The number of aryl methyl sites for hydroxylation is 1. The number of aromatic nitrogens is 1. The second kappa shape index (κ2) is 5.34. The van der Waals surface area contributed by atoms with Gasteiger partial charge < -0.3 is 5.73 Å². The minimum atomic E-state index is 0.0425. The Labute approximate surface area is 106 Å². The highest BCUT2D eigenvalue weighted by atomic mass is 32.2. The summed E-state index contributed by atoms with van der Waals surface area (Å²) in [6.45, 7) is 4.05. The summed E-state index contributed by atoms with van der Waals surface area (Å²) in [7, 11) is 0. The van der Waals surface area contributed by atoms with Crippen molar-refractivity contribution in [1.82, 2.24) is 4.98 Å². The highest BCUT2D eigenvalue weighted by Gasteiger charge is 2.02. The summed E-state index contributed by atoms with van der Waals surface area (Å²) in [5.74, 6) is 0. The molecule has 1 aromatic heterocycles. The van der Waals surface area contributed by atoms with Gasteiger partial charge in [-0.15, -0.1) is 0 Å². The fourth-order valence-electron chi connectivity index (χ4n) is 1.45. The van der Waals surface area contributed by atoms with E-state index in [2.05, 4.69) is 36.2 Å². The zero-order chi connectivity index (χ0) is 12.3. The van der Waals surface area contributed by atoms with Crippen LogP contribution in [0, 0.1) is 6.92 Å². The van der Waals surface area contributed by atoms with Gasteiger partial charge in [-0.25, -0.2) is 4.98 Å². The Hall–Kier alpha value is -1.32. The molecule has 0 amide bonds. The van der Waals surface area contributed by atoms with E-state index in [0.717, 1.165) is 10.6 Å². The van der Waals surface area contributed by atoms with Crippen LogP contribution in [0.4, 0.5) is 0 Å². The van der Waals surface area contributed by atoms with Gasteiger partial charge in [0, 0.05) is 17.1 Å². The van der Waals surface area contributed by atoms with Crippen LogP contribution in [-0.4, -0.2) is 4.98 Å². The molecular weight excluding hydrogens is 228 g/mol. The Morgan fingerprint density at radius 1 is 1.12 bits per heavy atom. The first kappa shape index (κ1) is 12.1. The van der Waals surface area contributed by atoms with Crippen LogP contribution in [-0.2, 0) is 0 Å². The van der Waals surface area contributed by atoms with Crippen molar-refractivity contribution in [2.45, 2.75) is 29.8 Å². The maximum absolute atomic E-state index is 5.79. The number of pyridine rings is 1. The second-order valence-corrected chi connectivity index (χ2v) is 5.23. The summed E-state index contributed by atoms with van der Waals surface area (Å²) >= 11 is 1.66. The second-order valence-electron chi connectivity index (χ2n) is 4.13. The van der Waals surface area contributed by atoms with Crippen LogP contribution in [0.3, 0.4) is 0 Å². The summed E-state index contributed by atoms with van der Waals surface area (Å²) in [6, 6.07) is 12.5. The predicted molar refractivity (Wildman–Crippen MR) is 72.1 cm³/mol. The summed E-state index contributed by atoms with van der Waals surface area (Å²) in [5.41, 5.74) is 8.13. The Kier molecular flexibility index (Phi) is 3.82. The molecule has 0 spiro atoms. The third kappa shape index (κ3) is 3.32. The molecule has 2 N–H and O–H groups in total. The molecule has 3 heteroatoms. The average molecular weight is 244 g/mol. The molecule has 0 aliphatic heterocycles. The smallest absolute Gasteiger partial charge is 0.101 e. The van der Waals surface area contributed by atoms with Crippen molar-refractivity contribution in [2.24, 2.45) is 5.73 Å². The molecular formula is C14H16N2S. The molecule has 17 heavy (non-hydrogen) atoms. The quantitative estimate of drug-likeness (QED) is 0.897. The van der Waals surface area contributed by atoms with E-state index in [-0.39, 0.29) is 6.04 Å². The van der Waals surface area contributed by atoms with Crippen LogP contribution < -0.4 is 5.73 Å². The van der Waals surface area contributed by atoms with E-state index in [1.54, 1.807) is 11.8 Å². The predicted octanol–water partition coefficient (Wildman–Crippen LogP) is 3.56. The SMILES string of the molecule is Cc1ccc(Sc2ccc(C(C)N)cn2)cc1. The Balaban J connectivity index is 2.11. The maximum atomic E-state index is 5.79. The fraction of sp³-hybridized carbons (Fsp3) is 0.214. The van der Waals surface area contributed by atoms with E-state index in [0.29, 0.717) is 0 Å². The van der Waals surface area contributed by atoms with E-state index >= 15 is 0 Å². The zero-order valence-electron chi connectivity index (χ0n) is 10.1. The molecule has 0 fully saturated rings. The van der Waals surface area contributed by atoms with Crippen LogP contribution in [0.15, 0.2) is 52.5 Å². The molecule has 0 saturated heterocycles. The highest BCUT2D eigenvalue weighted by molar-refractivity contribution is 7.99. The maximum Gasteiger partial charge on any atom is 0.101 e. The minimum absolute atomic E-state index is 0.0425. The number of hydrogen-bond donors (Lipinski definition) is 1. The molecule has 0 bridgehead atoms. The van der Waals surface area contributed by atoms with Gasteiger partial charge in [-0.05, 0) is 37.6 Å². The number of nitrogens with two attached hydrogens (primary N) is 1. The van der Waals surface area contributed by atoms with Crippen molar-refractivity contribution < 1.29 is 0 Å². The summed E-state index contributed by atoms with van der Waals surface area (Å²) in [6.07, 6.45) is 1.85. The van der Waals surface area contributed by atoms with E-state index in [4.69, 9.17) is 5.73 Å². The van der Waals surface area contributed by atoms with Crippen LogP contribution in [0.5, 0.6) is 0 Å². The van der Waals surface area contributed by atoms with Gasteiger partial charge in [0.1, 0.15) is 5.03 Å². The molecule has 2 aromatic rings. The van der Waals surface area contributed by atoms with Crippen molar-refractivity contribution in [1.29, 1.82) is 0 Å². The molecule has 0 saturated carbocycles. The van der Waals surface area contributed by atoms with Gasteiger partial charge in [-0.3, -0.25) is 0 Å². The largest absolute Gasteiger partial charge is 0.324 e. The van der Waals surface area contributed by atoms with Gasteiger partial charge in [-0.2, -0.15) is 0 Å². The molecule has 2 nitrogen and oxygen atoms in total. The van der Waals surface area contributed by atoms with Crippen LogP contribution in [0.2, 0.25) is 0 Å². The first-order valence-corrected chi connectivity index (χ1v) is 6.43. The van der Waals surface area contributed by atoms with E-state index < -0.39 is 0 Å². The molecule has 1 unspecified atom stereocenters. The lowest BCUT2D eigenvalue weighted by atomic mass is 10.2. The van der Waals surface area contributed by atoms with Crippen molar-refractivity contribution in [2.75, 3.05) is 0 Å². The molecule has 0 aliphatic rings. The monoisotopic (exact) mass is 244 g/mol. The minimum Gasteiger partial charge on any atom is -0.324 e. The van der Waals surface area contributed by atoms with Crippen molar-refractivity contribution in [3.8, 4) is 0 Å². The number of benzene rings is 1. The Morgan fingerprint density at radius 2 is 1.82 bits per heavy atom. The van der Waals surface area contributed by atoms with Crippen molar-refractivity contribution >= 4 is 11.8 Å². The van der Waals surface area contributed by atoms with Crippen LogP contribution >= 0.6 is 11.8 Å². The highest BCUT2D eigenvalue weighted by Crippen LogP contribution is 2.26.